The summed E-state index contributed by atoms with van der Waals surface area (Å²) in [5.74, 6) is -0.439. The standard InChI is InChI=1S/C20H21F6N7O3/c1-11(30-14-9-29-31-17(35)16(14)20(24,25)26)10-36-32-15(34)6-12-2-4-33(5-3-12)18-27-7-13(8-28-18)19(21,22)23/h6-9,11H,2-5,10H2,1H3,(H,32,34)(H2,30,31,35)/t11-/m0/s1. The molecule has 0 aliphatic carbocycles. The van der Waals surface area contributed by atoms with Crippen molar-refractivity contribution in [2.75, 3.05) is 29.9 Å². The first-order valence-corrected chi connectivity index (χ1v) is 10.5. The lowest BCUT2D eigenvalue weighted by Gasteiger charge is -2.28. The Hall–Kier alpha value is -3.69. The van der Waals surface area contributed by atoms with Crippen molar-refractivity contribution in [3.05, 3.63) is 51.7 Å². The van der Waals surface area contributed by atoms with Gasteiger partial charge in [-0.25, -0.2) is 20.5 Å². The van der Waals surface area contributed by atoms with Crippen LogP contribution in [0.1, 0.15) is 30.9 Å². The van der Waals surface area contributed by atoms with E-state index in [1.165, 1.54) is 13.0 Å². The minimum absolute atomic E-state index is 0.153. The lowest BCUT2D eigenvalue weighted by atomic mass is 10.0. The number of hydroxylamine groups is 1. The number of carbonyl (C=O) groups is 1. The lowest BCUT2D eigenvalue weighted by molar-refractivity contribution is -0.139. The van der Waals surface area contributed by atoms with Crippen molar-refractivity contribution in [1.29, 1.82) is 0 Å². The summed E-state index contributed by atoms with van der Waals surface area (Å²) >= 11 is 0. The van der Waals surface area contributed by atoms with Gasteiger partial charge in [0.15, 0.2) is 0 Å². The fourth-order valence-corrected chi connectivity index (χ4v) is 3.32. The molecule has 3 heterocycles. The van der Waals surface area contributed by atoms with Crippen molar-refractivity contribution < 1.29 is 36.0 Å². The van der Waals surface area contributed by atoms with Gasteiger partial charge in [0, 0.05) is 37.6 Å². The highest BCUT2D eigenvalue weighted by molar-refractivity contribution is 5.87. The Morgan fingerprint density at radius 2 is 1.78 bits per heavy atom. The minimum atomic E-state index is -4.89. The molecule has 0 unspecified atom stereocenters. The predicted molar refractivity (Wildman–Crippen MR) is 114 cm³/mol. The number of aromatic amines is 1. The molecule has 1 aliphatic rings. The van der Waals surface area contributed by atoms with Gasteiger partial charge in [0.05, 0.1) is 24.1 Å². The van der Waals surface area contributed by atoms with Gasteiger partial charge in [0.2, 0.25) is 5.95 Å². The third-order valence-corrected chi connectivity index (χ3v) is 5.04. The Balaban J connectivity index is 1.45. The van der Waals surface area contributed by atoms with Gasteiger partial charge in [-0.1, -0.05) is 5.57 Å². The van der Waals surface area contributed by atoms with E-state index < -0.39 is 46.7 Å². The number of rotatable bonds is 7. The third-order valence-electron chi connectivity index (χ3n) is 5.04. The molecule has 0 saturated carbocycles. The van der Waals surface area contributed by atoms with Crippen molar-refractivity contribution in [3.63, 3.8) is 0 Å². The molecule has 196 valence electrons. The normalized spacial score (nSPS) is 15.4. The lowest BCUT2D eigenvalue weighted by Crippen LogP contribution is -2.33. The topological polar surface area (TPSA) is 125 Å². The van der Waals surface area contributed by atoms with Crippen LogP contribution in [0.5, 0.6) is 0 Å². The zero-order chi connectivity index (χ0) is 26.5. The minimum Gasteiger partial charge on any atom is -0.378 e. The van der Waals surface area contributed by atoms with Crippen molar-refractivity contribution in [3.8, 4) is 0 Å². The first kappa shape index (κ1) is 26.9. The molecule has 0 spiro atoms. The number of nitrogens with zero attached hydrogens (tertiary/aromatic N) is 4. The predicted octanol–water partition coefficient (Wildman–Crippen LogP) is 2.67. The van der Waals surface area contributed by atoms with Gasteiger partial charge < -0.3 is 10.2 Å². The largest absolute Gasteiger partial charge is 0.423 e. The molecule has 1 saturated heterocycles. The van der Waals surface area contributed by atoms with Crippen LogP contribution in [0.15, 0.2) is 35.0 Å². The van der Waals surface area contributed by atoms with Gasteiger partial charge >= 0.3 is 12.4 Å². The molecular weight excluding hydrogens is 500 g/mol. The van der Waals surface area contributed by atoms with E-state index in [0.717, 1.165) is 11.8 Å². The number of hydrogen-bond acceptors (Lipinski definition) is 8. The molecule has 0 bridgehead atoms. The Bertz CT molecular complexity index is 1140. The highest BCUT2D eigenvalue weighted by Crippen LogP contribution is 2.31. The zero-order valence-corrected chi connectivity index (χ0v) is 18.7. The summed E-state index contributed by atoms with van der Waals surface area (Å²) in [5, 5.41) is 7.54. The van der Waals surface area contributed by atoms with Gasteiger partial charge in [0.25, 0.3) is 11.5 Å². The van der Waals surface area contributed by atoms with Crippen LogP contribution in [0.3, 0.4) is 0 Å². The van der Waals surface area contributed by atoms with Crippen LogP contribution in [0, 0.1) is 0 Å². The molecule has 10 nitrogen and oxygen atoms in total. The molecule has 1 fully saturated rings. The quantitative estimate of drug-likeness (QED) is 0.289. The molecule has 0 radical (unpaired) electrons. The average molecular weight is 521 g/mol. The number of alkyl halides is 6. The summed E-state index contributed by atoms with van der Waals surface area (Å²) in [4.78, 5) is 37.8. The van der Waals surface area contributed by atoms with E-state index in [9.17, 15) is 35.9 Å². The highest BCUT2D eigenvalue weighted by atomic mass is 19.4. The number of carbonyl (C=O) groups excluding carboxylic acids is 1. The molecule has 0 aromatic carbocycles. The maximum atomic E-state index is 13.1. The van der Waals surface area contributed by atoms with Crippen molar-refractivity contribution >= 4 is 17.5 Å². The zero-order valence-electron chi connectivity index (χ0n) is 18.7. The molecule has 3 rings (SSSR count). The number of hydrogen-bond donors (Lipinski definition) is 3. The van der Waals surface area contributed by atoms with Crippen molar-refractivity contribution in [2.24, 2.45) is 0 Å². The van der Waals surface area contributed by atoms with Gasteiger partial charge in [-0.15, -0.1) is 0 Å². The Kier molecular flexibility index (Phi) is 8.17. The molecule has 2 aromatic heterocycles. The molecule has 3 N–H and O–H groups in total. The van der Waals surface area contributed by atoms with Gasteiger partial charge in [-0.05, 0) is 19.8 Å². The Morgan fingerprint density at radius 1 is 1.14 bits per heavy atom. The van der Waals surface area contributed by atoms with Crippen LogP contribution in [-0.2, 0) is 22.0 Å². The fraction of sp³-hybridized carbons (Fsp3) is 0.450. The van der Waals surface area contributed by atoms with Crippen LogP contribution >= 0.6 is 0 Å². The first-order chi connectivity index (χ1) is 16.8. The number of piperidine rings is 1. The number of nitrogens with one attached hydrogen (secondary N) is 3. The number of halogens is 6. The van der Waals surface area contributed by atoms with Gasteiger partial charge in [-0.2, -0.15) is 31.4 Å². The third kappa shape index (κ3) is 7.16. The number of aromatic nitrogens is 4. The molecule has 16 heteroatoms. The second-order valence-corrected chi connectivity index (χ2v) is 7.87. The van der Waals surface area contributed by atoms with Crippen LogP contribution in [0.4, 0.5) is 38.0 Å². The summed E-state index contributed by atoms with van der Waals surface area (Å²) in [5.41, 5.74) is -1.37. The number of anilines is 2. The van der Waals surface area contributed by atoms with Crippen LogP contribution in [0.2, 0.25) is 0 Å². The Morgan fingerprint density at radius 3 is 2.36 bits per heavy atom. The average Bonchev–Trinajstić information content (AvgIpc) is 2.78. The molecule has 1 aliphatic heterocycles. The molecular formula is C20H21F6N7O3. The second kappa shape index (κ2) is 10.9. The molecule has 2 aromatic rings. The number of amides is 1. The maximum Gasteiger partial charge on any atom is 0.423 e. The summed E-state index contributed by atoms with van der Waals surface area (Å²) in [6, 6.07) is -0.727. The van der Waals surface area contributed by atoms with Crippen LogP contribution in [0.25, 0.3) is 0 Å². The van der Waals surface area contributed by atoms with E-state index in [1.54, 1.807) is 10.00 Å². The maximum absolute atomic E-state index is 13.1. The summed E-state index contributed by atoms with van der Waals surface area (Å²) in [6.45, 7) is 2.03. The second-order valence-electron chi connectivity index (χ2n) is 7.87. The fourth-order valence-electron chi connectivity index (χ4n) is 3.32. The van der Waals surface area contributed by atoms with Gasteiger partial charge in [0.1, 0.15) is 5.56 Å². The van der Waals surface area contributed by atoms with Crippen molar-refractivity contribution in [2.45, 2.75) is 38.2 Å². The highest BCUT2D eigenvalue weighted by Gasteiger charge is 2.37. The summed E-state index contributed by atoms with van der Waals surface area (Å²) in [7, 11) is 0. The van der Waals surface area contributed by atoms with E-state index >= 15 is 0 Å². The van der Waals surface area contributed by atoms with Crippen molar-refractivity contribution in [1.82, 2.24) is 25.6 Å². The van der Waals surface area contributed by atoms with E-state index in [0.29, 0.717) is 38.3 Å². The Labute approximate surface area is 199 Å². The smallest absolute Gasteiger partial charge is 0.378 e. The first-order valence-electron chi connectivity index (χ1n) is 10.5. The number of H-pyrrole nitrogens is 1. The molecule has 1 atom stereocenters. The van der Waals surface area contributed by atoms with Gasteiger partial charge in [-0.3, -0.25) is 14.4 Å². The molecule has 36 heavy (non-hydrogen) atoms. The van der Waals surface area contributed by atoms with E-state index in [1.807, 2.05) is 0 Å². The van der Waals surface area contributed by atoms with E-state index in [4.69, 9.17) is 4.84 Å². The SMILES string of the molecule is C[C@@H](CONC(=O)C=C1CCN(c2ncc(C(F)(F)F)cn2)CC1)Nc1cn[nH]c(=O)c1C(F)(F)F. The monoisotopic (exact) mass is 521 g/mol. The summed E-state index contributed by atoms with van der Waals surface area (Å²) in [6.07, 6.45) is -4.98. The van der Waals surface area contributed by atoms with E-state index in [-0.39, 0.29) is 12.6 Å². The summed E-state index contributed by atoms with van der Waals surface area (Å²) < 4.78 is 77.1. The van der Waals surface area contributed by atoms with Crippen LogP contribution < -0.4 is 21.3 Å². The molecule has 1 amide bonds. The van der Waals surface area contributed by atoms with E-state index in [2.05, 4.69) is 25.9 Å². The van der Waals surface area contributed by atoms with Crippen LogP contribution in [-0.4, -0.2) is 51.8 Å².